The summed E-state index contributed by atoms with van der Waals surface area (Å²) in [6, 6.07) is 10.3. The van der Waals surface area contributed by atoms with Crippen molar-refractivity contribution in [2.45, 2.75) is 26.8 Å². The van der Waals surface area contributed by atoms with Crippen LogP contribution in [0.25, 0.3) is 0 Å². The second-order valence-corrected chi connectivity index (χ2v) is 5.21. The molecule has 0 saturated heterocycles. The van der Waals surface area contributed by atoms with Crippen LogP contribution in [0.5, 0.6) is 0 Å². The average molecular weight is 261 g/mol. The third-order valence-corrected chi connectivity index (χ3v) is 3.23. The Morgan fingerprint density at radius 2 is 1.89 bits per heavy atom. The van der Waals surface area contributed by atoms with Gasteiger partial charge in [0.25, 0.3) is 0 Å². The van der Waals surface area contributed by atoms with Gasteiger partial charge < -0.3 is 5.11 Å². The van der Waals surface area contributed by atoms with E-state index in [0.29, 0.717) is 13.1 Å². The third kappa shape index (κ3) is 4.87. The van der Waals surface area contributed by atoms with Crippen molar-refractivity contribution in [2.24, 2.45) is 5.92 Å². The van der Waals surface area contributed by atoms with Crippen LogP contribution in [0.2, 0.25) is 0 Å². The van der Waals surface area contributed by atoms with E-state index in [1.54, 1.807) is 6.92 Å². The lowest BCUT2D eigenvalue weighted by molar-refractivity contribution is -0.141. The summed E-state index contributed by atoms with van der Waals surface area (Å²) in [5.41, 5.74) is 2.24. The zero-order valence-corrected chi connectivity index (χ0v) is 12.0. The lowest BCUT2D eigenvalue weighted by Gasteiger charge is -2.31. The predicted octanol–water partition coefficient (Wildman–Crippen LogP) is 3.35. The van der Waals surface area contributed by atoms with Gasteiger partial charge >= 0.3 is 5.97 Å². The number of carboxylic acids is 1. The zero-order valence-electron chi connectivity index (χ0n) is 12.0. The molecule has 0 fully saturated rings. The molecule has 1 aromatic rings. The van der Waals surface area contributed by atoms with E-state index in [2.05, 4.69) is 30.5 Å². The van der Waals surface area contributed by atoms with E-state index in [4.69, 9.17) is 5.11 Å². The smallest absolute Gasteiger partial charge is 0.307 e. The molecule has 19 heavy (non-hydrogen) atoms. The molecule has 0 aliphatic rings. The van der Waals surface area contributed by atoms with Crippen molar-refractivity contribution in [1.82, 2.24) is 4.90 Å². The summed E-state index contributed by atoms with van der Waals surface area (Å²) in [6.45, 7) is 11.0. The topological polar surface area (TPSA) is 40.5 Å². The Morgan fingerprint density at radius 3 is 2.37 bits per heavy atom. The lowest BCUT2D eigenvalue weighted by Crippen LogP contribution is -2.35. The van der Waals surface area contributed by atoms with Crippen LogP contribution in [0, 0.1) is 5.92 Å². The number of hydrogen-bond donors (Lipinski definition) is 1. The number of rotatable bonds is 7. The number of nitrogens with zero attached hydrogens (tertiary/aromatic N) is 1. The van der Waals surface area contributed by atoms with Gasteiger partial charge in [-0.05, 0) is 19.4 Å². The van der Waals surface area contributed by atoms with E-state index in [9.17, 15) is 4.79 Å². The molecule has 0 heterocycles. The zero-order chi connectivity index (χ0) is 14.4. The molecule has 1 rings (SSSR count). The first kappa shape index (κ1) is 15.4. The van der Waals surface area contributed by atoms with Crippen LogP contribution in [0.3, 0.4) is 0 Å². The Balaban J connectivity index is 2.84. The molecule has 0 spiro atoms. The fourth-order valence-electron chi connectivity index (χ4n) is 2.08. The van der Waals surface area contributed by atoms with Crippen molar-refractivity contribution in [3.8, 4) is 0 Å². The van der Waals surface area contributed by atoms with Crippen molar-refractivity contribution >= 4 is 5.97 Å². The monoisotopic (exact) mass is 261 g/mol. The molecule has 0 aromatic heterocycles. The second kappa shape index (κ2) is 7.10. The molecule has 2 atom stereocenters. The highest BCUT2D eigenvalue weighted by Crippen LogP contribution is 2.22. The molecule has 0 amide bonds. The number of benzene rings is 1. The SMILES string of the molecule is C=C(C)CN(CC(C)C(=O)O)C(C)c1ccccc1. The summed E-state index contributed by atoms with van der Waals surface area (Å²) in [7, 11) is 0. The van der Waals surface area contributed by atoms with Gasteiger partial charge in [0.2, 0.25) is 0 Å². The van der Waals surface area contributed by atoms with Gasteiger partial charge in [0.05, 0.1) is 5.92 Å². The first-order chi connectivity index (χ1) is 8.91. The lowest BCUT2D eigenvalue weighted by atomic mass is 10.0. The molecule has 0 aliphatic carbocycles. The Kier molecular flexibility index (Phi) is 5.77. The molecule has 0 radical (unpaired) electrons. The van der Waals surface area contributed by atoms with Crippen molar-refractivity contribution in [3.05, 3.63) is 48.0 Å². The van der Waals surface area contributed by atoms with Crippen LogP contribution in [0.15, 0.2) is 42.5 Å². The van der Waals surface area contributed by atoms with E-state index in [1.807, 2.05) is 25.1 Å². The van der Waals surface area contributed by atoms with Crippen LogP contribution in [0.1, 0.15) is 32.4 Å². The van der Waals surface area contributed by atoms with Gasteiger partial charge in [0.15, 0.2) is 0 Å². The van der Waals surface area contributed by atoms with E-state index in [1.165, 1.54) is 5.56 Å². The minimum Gasteiger partial charge on any atom is -0.481 e. The van der Waals surface area contributed by atoms with Gasteiger partial charge in [0, 0.05) is 19.1 Å². The number of hydrogen-bond acceptors (Lipinski definition) is 2. The molecule has 0 bridgehead atoms. The maximum Gasteiger partial charge on any atom is 0.307 e. The fourth-order valence-corrected chi connectivity index (χ4v) is 2.08. The van der Waals surface area contributed by atoms with Crippen LogP contribution < -0.4 is 0 Å². The minimum atomic E-state index is -0.757. The highest BCUT2D eigenvalue weighted by Gasteiger charge is 2.21. The molecule has 3 nitrogen and oxygen atoms in total. The van der Waals surface area contributed by atoms with Crippen LogP contribution >= 0.6 is 0 Å². The van der Waals surface area contributed by atoms with Gasteiger partial charge in [-0.25, -0.2) is 0 Å². The predicted molar refractivity (Wildman–Crippen MR) is 78.0 cm³/mol. The Bertz CT molecular complexity index is 428. The minimum absolute atomic E-state index is 0.180. The normalized spacial score (nSPS) is 14.1. The maximum absolute atomic E-state index is 11.0. The maximum atomic E-state index is 11.0. The first-order valence-electron chi connectivity index (χ1n) is 6.58. The molecular weight excluding hydrogens is 238 g/mol. The molecule has 1 N–H and O–H groups in total. The van der Waals surface area contributed by atoms with E-state index >= 15 is 0 Å². The van der Waals surface area contributed by atoms with Gasteiger partial charge in [0.1, 0.15) is 0 Å². The molecule has 0 aliphatic heterocycles. The largest absolute Gasteiger partial charge is 0.481 e. The van der Waals surface area contributed by atoms with Crippen molar-refractivity contribution in [2.75, 3.05) is 13.1 Å². The van der Waals surface area contributed by atoms with Crippen molar-refractivity contribution in [3.63, 3.8) is 0 Å². The third-order valence-electron chi connectivity index (χ3n) is 3.23. The van der Waals surface area contributed by atoms with Gasteiger partial charge in [-0.15, -0.1) is 0 Å². The summed E-state index contributed by atoms with van der Waals surface area (Å²) in [4.78, 5) is 13.2. The first-order valence-corrected chi connectivity index (χ1v) is 6.58. The molecule has 1 aromatic carbocycles. The quantitative estimate of drug-likeness (QED) is 0.765. The summed E-state index contributed by atoms with van der Waals surface area (Å²) < 4.78 is 0. The molecule has 3 heteroatoms. The highest BCUT2D eigenvalue weighted by atomic mass is 16.4. The Morgan fingerprint density at radius 1 is 1.32 bits per heavy atom. The van der Waals surface area contributed by atoms with Crippen molar-refractivity contribution < 1.29 is 9.90 Å². The van der Waals surface area contributed by atoms with Crippen molar-refractivity contribution in [1.29, 1.82) is 0 Å². The van der Waals surface area contributed by atoms with E-state index < -0.39 is 5.97 Å². The summed E-state index contributed by atoms with van der Waals surface area (Å²) in [5, 5.41) is 9.07. The molecular formula is C16H23NO2. The second-order valence-electron chi connectivity index (χ2n) is 5.21. The number of carboxylic acid groups (broad SMARTS) is 1. The summed E-state index contributed by atoms with van der Waals surface area (Å²) in [6.07, 6.45) is 0. The molecule has 2 unspecified atom stereocenters. The fraction of sp³-hybridized carbons (Fsp3) is 0.438. The van der Waals surface area contributed by atoms with Gasteiger partial charge in [-0.1, -0.05) is 49.4 Å². The van der Waals surface area contributed by atoms with Gasteiger partial charge in [-0.2, -0.15) is 0 Å². The van der Waals surface area contributed by atoms with E-state index in [0.717, 1.165) is 5.57 Å². The average Bonchev–Trinajstić information content (AvgIpc) is 2.37. The van der Waals surface area contributed by atoms with E-state index in [-0.39, 0.29) is 12.0 Å². The summed E-state index contributed by atoms with van der Waals surface area (Å²) >= 11 is 0. The van der Waals surface area contributed by atoms with Gasteiger partial charge in [-0.3, -0.25) is 9.69 Å². The molecule has 104 valence electrons. The number of carbonyl (C=O) groups is 1. The number of aliphatic carboxylic acids is 1. The highest BCUT2D eigenvalue weighted by molar-refractivity contribution is 5.69. The Hall–Kier alpha value is -1.61. The van der Waals surface area contributed by atoms with Crippen LogP contribution in [-0.2, 0) is 4.79 Å². The Labute approximate surface area is 115 Å². The van der Waals surface area contributed by atoms with Crippen LogP contribution in [-0.4, -0.2) is 29.1 Å². The summed E-state index contributed by atoms with van der Waals surface area (Å²) in [5.74, 6) is -1.14. The molecule has 0 saturated carbocycles. The standard InChI is InChI=1S/C16H23NO2/c1-12(2)10-17(11-13(3)16(18)19)14(4)15-8-6-5-7-9-15/h5-9,13-14H,1,10-11H2,2-4H3,(H,18,19). The van der Waals surface area contributed by atoms with Crippen LogP contribution in [0.4, 0.5) is 0 Å².